The maximum absolute atomic E-state index is 13.1. The average Bonchev–Trinajstić information content (AvgIpc) is 2.66. The van der Waals surface area contributed by atoms with Crippen LogP contribution in [0.3, 0.4) is 0 Å². The number of carbonyl (C=O) groups is 3. The van der Waals surface area contributed by atoms with Crippen LogP contribution in [-0.4, -0.2) is 29.9 Å². The van der Waals surface area contributed by atoms with E-state index in [2.05, 4.69) is 10.6 Å². The highest BCUT2D eigenvalue weighted by Gasteiger charge is 2.36. The number of aryl methyl sites for hydroxylation is 1. The van der Waals surface area contributed by atoms with Crippen LogP contribution in [0.25, 0.3) is 0 Å². The first-order chi connectivity index (χ1) is 12.8. The number of carbonyl (C=O) groups excluding carboxylic acids is 2. The Kier molecular flexibility index (Phi) is 6.28. The molecule has 0 fully saturated rings. The van der Waals surface area contributed by atoms with Crippen molar-refractivity contribution in [2.45, 2.75) is 25.3 Å². The minimum absolute atomic E-state index is 0.0429. The van der Waals surface area contributed by atoms with Gasteiger partial charge in [0.05, 0.1) is 0 Å². The highest BCUT2D eigenvalue weighted by Crippen LogP contribution is 2.22. The zero-order valence-corrected chi connectivity index (χ0v) is 15.1. The predicted molar refractivity (Wildman–Crippen MR) is 97.7 cm³/mol. The predicted octanol–water partition coefficient (Wildman–Crippen LogP) is 2.23. The molecule has 0 spiro atoms. The van der Waals surface area contributed by atoms with Crippen LogP contribution in [-0.2, 0) is 21.5 Å². The number of carboxylic acid groups (broad SMARTS) is 1. The van der Waals surface area contributed by atoms with E-state index in [0.717, 1.165) is 17.7 Å². The van der Waals surface area contributed by atoms with Crippen molar-refractivity contribution in [2.75, 3.05) is 7.05 Å². The number of hydrogen-bond donors (Lipinski definition) is 3. The first-order valence-electron chi connectivity index (χ1n) is 8.37. The Bertz CT molecular complexity index is 851. The first-order valence-corrected chi connectivity index (χ1v) is 8.37. The second-order valence-corrected chi connectivity index (χ2v) is 6.26. The van der Waals surface area contributed by atoms with Crippen LogP contribution in [0.5, 0.6) is 0 Å². The molecular weight excluding hydrogens is 351 g/mol. The van der Waals surface area contributed by atoms with E-state index in [9.17, 15) is 23.9 Å². The standard InChI is InChI=1S/C20H21FN2O4/c1-20(19(26)27,15-7-9-16(21)10-8-15)23-17(24)11-6-13-4-3-5-14(12-13)18(25)22-2/h3-5,7-10,12H,6,11H2,1-2H3,(H,22,25)(H,23,24)(H,26,27). The third-order valence-corrected chi connectivity index (χ3v) is 4.30. The monoisotopic (exact) mass is 372 g/mol. The van der Waals surface area contributed by atoms with E-state index in [0.29, 0.717) is 12.0 Å². The summed E-state index contributed by atoms with van der Waals surface area (Å²) in [5, 5.41) is 14.6. The number of hydrogen-bond acceptors (Lipinski definition) is 3. The minimum atomic E-state index is -1.67. The average molecular weight is 372 g/mol. The fourth-order valence-corrected chi connectivity index (χ4v) is 2.64. The third-order valence-electron chi connectivity index (χ3n) is 4.30. The smallest absolute Gasteiger partial charge is 0.333 e. The van der Waals surface area contributed by atoms with E-state index in [1.54, 1.807) is 24.3 Å². The topological polar surface area (TPSA) is 95.5 Å². The molecule has 0 heterocycles. The van der Waals surface area contributed by atoms with Crippen LogP contribution in [0.15, 0.2) is 48.5 Å². The first kappa shape index (κ1) is 20.1. The molecule has 6 nitrogen and oxygen atoms in total. The van der Waals surface area contributed by atoms with Crippen LogP contribution >= 0.6 is 0 Å². The van der Waals surface area contributed by atoms with Gasteiger partial charge in [-0.3, -0.25) is 9.59 Å². The fourth-order valence-electron chi connectivity index (χ4n) is 2.64. The van der Waals surface area contributed by atoms with Gasteiger partial charge < -0.3 is 15.7 Å². The van der Waals surface area contributed by atoms with Crippen LogP contribution in [0, 0.1) is 5.82 Å². The largest absolute Gasteiger partial charge is 0.479 e. The van der Waals surface area contributed by atoms with Crippen molar-refractivity contribution in [3.05, 3.63) is 71.0 Å². The summed E-state index contributed by atoms with van der Waals surface area (Å²) in [6.45, 7) is 1.35. The lowest BCUT2D eigenvalue weighted by Crippen LogP contribution is -2.49. The Morgan fingerprint density at radius 1 is 1.11 bits per heavy atom. The number of nitrogens with one attached hydrogen (secondary N) is 2. The summed E-state index contributed by atoms with van der Waals surface area (Å²) in [6, 6.07) is 11.8. The van der Waals surface area contributed by atoms with Gasteiger partial charge in [-0.15, -0.1) is 0 Å². The zero-order valence-electron chi connectivity index (χ0n) is 15.1. The molecule has 142 valence electrons. The number of rotatable bonds is 7. The van der Waals surface area contributed by atoms with Gasteiger partial charge in [-0.2, -0.15) is 0 Å². The van der Waals surface area contributed by atoms with Crippen molar-refractivity contribution in [3.63, 3.8) is 0 Å². The Morgan fingerprint density at radius 3 is 2.37 bits per heavy atom. The Labute approximate surface area is 156 Å². The van der Waals surface area contributed by atoms with E-state index in [1.165, 1.54) is 26.1 Å². The lowest BCUT2D eigenvalue weighted by molar-refractivity contribution is -0.147. The van der Waals surface area contributed by atoms with Crippen molar-refractivity contribution >= 4 is 17.8 Å². The zero-order chi connectivity index (χ0) is 20.0. The maximum Gasteiger partial charge on any atom is 0.333 e. The van der Waals surface area contributed by atoms with Gasteiger partial charge >= 0.3 is 5.97 Å². The third kappa shape index (κ3) is 4.91. The SMILES string of the molecule is CNC(=O)c1cccc(CCC(=O)NC(C)(C(=O)O)c2ccc(F)cc2)c1. The summed E-state index contributed by atoms with van der Waals surface area (Å²) in [4.78, 5) is 35.7. The maximum atomic E-state index is 13.1. The number of halogens is 1. The van der Waals surface area contributed by atoms with E-state index < -0.39 is 23.2 Å². The normalized spacial score (nSPS) is 12.7. The van der Waals surface area contributed by atoms with Crippen molar-refractivity contribution in [1.29, 1.82) is 0 Å². The van der Waals surface area contributed by atoms with Gasteiger partial charge in [-0.1, -0.05) is 24.3 Å². The molecule has 7 heteroatoms. The molecule has 0 aliphatic heterocycles. The number of benzene rings is 2. The van der Waals surface area contributed by atoms with Crippen LogP contribution < -0.4 is 10.6 Å². The van der Waals surface area contributed by atoms with Crippen molar-refractivity contribution in [3.8, 4) is 0 Å². The van der Waals surface area contributed by atoms with Gasteiger partial charge in [0.25, 0.3) is 5.91 Å². The van der Waals surface area contributed by atoms with Crippen LogP contribution in [0.4, 0.5) is 4.39 Å². The van der Waals surface area contributed by atoms with Gasteiger partial charge in [0.1, 0.15) is 5.82 Å². The molecule has 1 unspecified atom stereocenters. The van der Waals surface area contributed by atoms with Gasteiger partial charge in [0.15, 0.2) is 5.54 Å². The molecule has 3 N–H and O–H groups in total. The lowest BCUT2D eigenvalue weighted by Gasteiger charge is -2.27. The minimum Gasteiger partial charge on any atom is -0.479 e. The highest BCUT2D eigenvalue weighted by molar-refractivity contribution is 5.94. The van der Waals surface area contributed by atoms with Gasteiger partial charge in [0.2, 0.25) is 5.91 Å². The molecule has 1 atom stereocenters. The van der Waals surface area contributed by atoms with Gasteiger partial charge in [0, 0.05) is 19.0 Å². The Balaban J connectivity index is 2.08. The molecule has 0 aliphatic rings. The molecule has 0 bridgehead atoms. The lowest BCUT2D eigenvalue weighted by atomic mass is 9.91. The van der Waals surface area contributed by atoms with Crippen LogP contribution in [0.2, 0.25) is 0 Å². The number of carboxylic acids is 1. The van der Waals surface area contributed by atoms with Crippen molar-refractivity contribution in [2.24, 2.45) is 0 Å². The second kappa shape index (κ2) is 8.44. The summed E-state index contributed by atoms with van der Waals surface area (Å²) in [5.41, 5.74) is -0.136. The molecular formula is C20H21FN2O4. The summed E-state index contributed by atoms with van der Waals surface area (Å²) >= 11 is 0. The number of amides is 2. The van der Waals surface area contributed by atoms with Crippen LogP contribution in [0.1, 0.15) is 34.8 Å². The van der Waals surface area contributed by atoms with Gasteiger partial charge in [-0.05, 0) is 48.7 Å². The Hall–Kier alpha value is -3.22. The number of aliphatic carboxylic acids is 1. The summed E-state index contributed by atoms with van der Waals surface area (Å²) in [5.74, 6) is -2.43. The van der Waals surface area contributed by atoms with Crippen molar-refractivity contribution < 1.29 is 23.9 Å². The fraction of sp³-hybridized carbons (Fsp3) is 0.250. The van der Waals surface area contributed by atoms with E-state index in [-0.39, 0.29) is 17.9 Å². The van der Waals surface area contributed by atoms with Gasteiger partial charge in [-0.25, -0.2) is 9.18 Å². The summed E-state index contributed by atoms with van der Waals surface area (Å²) in [7, 11) is 1.53. The molecule has 0 saturated heterocycles. The summed E-state index contributed by atoms with van der Waals surface area (Å²) < 4.78 is 13.1. The van der Waals surface area contributed by atoms with Crippen molar-refractivity contribution in [1.82, 2.24) is 10.6 Å². The van der Waals surface area contributed by atoms with E-state index >= 15 is 0 Å². The quantitative estimate of drug-likeness (QED) is 0.695. The molecule has 2 amide bonds. The summed E-state index contributed by atoms with van der Waals surface area (Å²) in [6.07, 6.45) is 0.386. The van der Waals surface area contributed by atoms with E-state index in [1.807, 2.05) is 0 Å². The molecule has 2 aromatic rings. The van der Waals surface area contributed by atoms with E-state index in [4.69, 9.17) is 0 Å². The molecule has 2 aromatic carbocycles. The molecule has 0 aromatic heterocycles. The molecule has 2 rings (SSSR count). The molecule has 0 saturated carbocycles. The second-order valence-electron chi connectivity index (χ2n) is 6.26. The Morgan fingerprint density at radius 2 is 1.78 bits per heavy atom. The molecule has 0 aliphatic carbocycles. The molecule has 27 heavy (non-hydrogen) atoms. The molecule has 0 radical (unpaired) electrons. The highest BCUT2D eigenvalue weighted by atomic mass is 19.1.